The van der Waals surface area contributed by atoms with Crippen LogP contribution in [0.5, 0.6) is 0 Å². The van der Waals surface area contributed by atoms with Crippen LogP contribution in [0.3, 0.4) is 0 Å². The van der Waals surface area contributed by atoms with E-state index in [9.17, 15) is 9.59 Å². The van der Waals surface area contributed by atoms with Crippen molar-refractivity contribution in [2.75, 3.05) is 77.4 Å². The van der Waals surface area contributed by atoms with E-state index >= 15 is 0 Å². The van der Waals surface area contributed by atoms with Crippen molar-refractivity contribution in [3.05, 3.63) is 167 Å². The summed E-state index contributed by atoms with van der Waals surface area (Å²) in [6.07, 6.45) is -0.0336. The van der Waals surface area contributed by atoms with E-state index < -0.39 is 17.2 Å². The summed E-state index contributed by atoms with van der Waals surface area (Å²) in [7, 11) is 3.33. The van der Waals surface area contributed by atoms with E-state index in [-0.39, 0.29) is 11.9 Å². The van der Waals surface area contributed by atoms with Crippen molar-refractivity contribution in [3.63, 3.8) is 0 Å². The zero-order chi connectivity index (χ0) is 43.5. The lowest BCUT2D eigenvalue weighted by atomic mass is 9.77. The van der Waals surface area contributed by atoms with Crippen molar-refractivity contribution in [2.45, 2.75) is 44.2 Å². The molecule has 0 unspecified atom stereocenters. The second-order valence-corrected chi connectivity index (χ2v) is 18.6. The van der Waals surface area contributed by atoms with Crippen molar-refractivity contribution >= 4 is 33.7 Å². The molecule has 6 rings (SSSR count). The number of fused-ring (bicyclic) bond motifs is 3. The van der Waals surface area contributed by atoms with Crippen molar-refractivity contribution in [3.8, 4) is 11.1 Å². The molecule has 0 fully saturated rings. The van der Waals surface area contributed by atoms with Crippen LogP contribution in [-0.4, -0.2) is 100.0 Å². The van der Waals surface area contributed by atoms with Crippen molar-refractivity contribution in [2.24, 2.45) is 0 Å². The maximum Gasteiger partial charge on any atom is 0.410 e. The van der Waals surface area contributed by atoms with E-state index in [4.69, 9.17) is 23.7 Å². The van der Waals surface area contributed by atoms with Crippen LogP contribution in [0.2, 0.25) is 0 Å². The minimum Gasteiger partial charge on any atom is -0.465 e. The van der Waals surface area contributed by atoms with Gasteiger partial charge in [0.25, 0.3) is 0 Å². The molecule has 328 valence electrons. The summed E-state index contributed by atoms with van der Waals surface area (Å²) < 4.78 is 29.1. The molecule has 1 aliphatic carbocycles. The molecule has 0 atom stereocenters. The van der Waals surface area contributed by atoms with Gasteiger partial charge in [-0.25, -0.2) is 4.79 Å². The first kappa shape index (κ1) is 46.9. The van der Waals surface area contributed by atoms with Crippen LogP contribution in [0.1, 0.15) is 60.9 Å². The lowest BCUT2D eigenvalue weighted by Gasteiger charge is -2.37. The largest absolute Gasteiger partial charge is 0.465 e. The topological polar surface area (TPSA) is 95.6 Å². The molecule has 0 heterocycles. The first-order valence-corrected chi connectivity index (χ1v) is 24.0. The summed E-state index contributed by atoms with van der Waals surface area (Å²) >= 11 is 0. The minimum atomic E-state index is -0.625. The van der Waals surface area contributed by atoms with Crippen LogP contribution in [0.4, 0.5) is 4.79 Å². The minimum absolute atomic E-state index is 0.0749. The Kier molecular flexibility index (Phi) is 18.4. The number of benzene rings is 5. The van der Waals surface area contributed by atoms with Crippen LogP contribution >= 0.6 is 21.6 Å². The maximum atomic E-state index is 13.1. The van der Waals surface area contributed by atoms with Gasteiger partial charge in [-0.1, -0.05) is 161 Å². The Morgan fingerprint density at radius 3 is 1.58 bits per heavy atom. The average molecular weight is 877 g/mol. The van der Waals surface area contributed by atoms with E-state index in [1.165, 1.54) is 22.3 Å². The Balaban J connectivity index is 0.845. The zero-order valence-electron chi connectivity index (χ0n) is 36.2. The highest BCUT2D eigenvalue weighted by Gasteiger charge is 2.35. The van der Waals surface area contributed by atoms with E-state index in [0.29, 0.717) is 78.1 Å². The number of ether oxygens (including phenoxy) is 5. The third kappa shape index (κ3) is 13.4. The smallest absolute Gasteiger partial charge is 0.410 e. The van der Waals surface area contributed by atoms with Gasteiger partial charge < -0.3 is 28.6 Å². The molecule has 0 radical (unpaired) electrons. The Bertz CT molecular complexity index is 1960. The van der Waals surface area contributed by atoms with Gasteiger partial charge in [0, 0.05) is 37.1 Å². The summed E-state index contributed by atoms with van der Waals surface area (Å²) in [5.74, 6) is 1.37. The lowest BCUT2D eigenvalue weighted by Crippen LogP contribution is -2.46. The second kappa shape index (κ2) is 24.3. The van der Waals surface area contributed by atoms with E-state index in [1.807, 2.05) is 51.1 Å². The lowest BCUT2D eigenvalue weighted by molar-refractivity contribution is -0.143. The molecule has 0 spiro atoms. The fourth-order valence-corrected chi connectivity index (χ4v) is 9.43. The normalized spacial score (nSPS) is 12.4. The molecule has 1 N–H and O–H groups in total. The third-order valence-electron chi connectivity index (χ3n) is 10.4. The molecule has 5 aromatic carbocycles. The SMILES string of the molecule is CC(C)(C)OC(=O)N(CCOCCNC(c1ccccc1)(c1ccccc1)c1ccccc1)CCOCCOCCSSCCC(=O)OCC1c2ccccc2-c2ccccc21. The Labute approximate surface area is 375 Å². The summed E-state index contributed by atoms with van der Waals surface area (Å²) in [5.41, 5.74) is 7.09. The van der Waals surface area contributed by atoms with Crippen LogP contribution in [0.25, 0.3) is 11.1 Å². The Morgan fingerprint density at radius 1 is 0.581 bits per heavy atom. The predicted molar refractivity (Wildman–Crippen MR) is 252 cm³/mol. The number of amides is 1. The van der Waals surface area contributed by atoms with Gasteiger partial charge in [-0.05, 0) is 59.7 Å². The quantitative estimate of drug-likeness (QED) is 0.0264. The number of carbonyl (C=O) groups excluding carboxylic acids is 2. The number of esters is 1. The van der Waals surface area contributed by atoms with Crippen LogP contribution in [0, 0.1) is 0 Å². The fraction of sp³-hybridized carbons (Fsp3) is 0.373. The number of rotatable bonds is 25. The van der Waals surface area contributed by atoms with E-state index in [0.717, 1.165) is 22.4 Å². The second-order valence-electron chi connectivity index (χ2n) is 15.9. The molecule has 0 aromatic heterocycles. The van der Waals surface area contributed by atoms with Gasteiger partial charge in [-0.2, -0.15) is 0 Å². The van der Waals surface area contributed by atoms with Gasteiger partial charge >= 0.3 is 12.1 Å². The molecule has 1 amide bonds. The van der Waals surface area contributed by atoms with Crippen molar-refractivity contribution < 1.29 is 33.3 Å². The number of carbonyl (C=O) groups is 2. The molecule has 0 aliphatic heterocycles. The Morgan fingerprint density at radius 2 is 1.05 bits per heavy atom. The number of nitrogens with one attached hydrogen (secondary N) is 1. The highest BCUT2D eigenvalue weighted by molar-refractivity contribution is 8.76. The molecule has 0 saturated heterocycles. The maximum absolute atomic E-state index is 13.1. The van der Waals surface area contributed by atoms with E-state index in [1.54, 1.807) is 26.5 Å². The third-order valence-corrected chi connectivity index (χ3v) is 12.8. The highest BCUT2D eigenvalue weighted by Crippen LogP contribution is 2.44. The average Bonchev–Trinajstić information content (AvgIpc) is 3.61. The standard InChI is InChI=1S/C51H60N2O7S2/c1-50(2,3)60-49(55)53(29-32-56-31-28-52-51(40-17-7-4-8-18-40,41-19-9-5-10-20-41)42-21-11-6-12-22-42)30-33-57-34-35-58-36-38-62-61-37-27-48(54)59-39-47-45-25-15-13-23-43(45)44-24-14-16-26-46(44)47/h4-26,47,52H,27-39H2,1-3H3. The van der Waals surface area contributed by atoms with Crippen LogP contribution in [0.15, 0.2) is 140 Å². The molecule has 0 bridgehead atoms. The first-order chi connectivity index (χ1) is 30.3. The van der Waals surface area contributed by atoms with Gasteiger partial charge in [0.05, 0.1) is 51.6 Å². The van der Waals surface area contributed by atoms with Gasteiger partial charge in [0.15, 0.2) is 0 Å². The summed E-state index contributed by atoms with van der Waals surface area (Å²) in [6, 6.07) is 48.1. The van der Waals surface area contributed by atoms with Gasteiger partial charge in [0.2, 0.25) is 0 Å². The zero-order valence-corrected chi connectivity index (χ0v) is 37.8. The van der Waals surface area contributed by atoms with Gasteiger partial charge in [-0.15, -0.1) is 0 Å². The molecule has 0 saturated carbocycles. The van der Waals surface area contributed by atoms with Crippen LogP contribution in [-0.2, 0) is 34.0 Å². The van der Waals surface area contributed by atoms with Crippen LogP contribution < -0.4 is 5.32 Å². The molecular formula is C51H60N2O7S2. The Hall–Kier alpha value is -4.62. The highest BCUT2D eigenvalue weighted by atomic mass is 33.1. The van der Waals surface area contributed by atoms with E-state index in [2.05, 4.69) is 115 Å². The molecule has 5 aromatic rings. The molecule has 11 heteroatoms. The predicted octanol–water partition coefficient (Wildman–Crippen LogP) is 9.98. The number of hydrogen-bond donors (Lipinski definition) is 1. The van der Waals surface area contributed by atoms with Crippen molar-refractivity contribution in [1.82, 2.24) is 10.2 Å². The molecule has 9 nitrogen and oxygen atoms in total. The summed E-state index contributed by atoms with van der Waals surface area (Å²) in [5, 5.41) is 3.84. The van der Waals surface area contributed by atoms with Crippen molar-refractivity contribution in [1.29, 1.82) is 0 Å². The molecule has 62 heavy (non-hydrogen) atoms. The van der Waals surface area contributed by atoms with Gasteiger partial charge in [-0.3, -0.25) is 10.1 Å². The molecular weight excluding hydrogens is 817 g/mol. The number of nitrogens with zero attached hydrogens (tertiary/aromatic N) is 1. The molecule has 1 aliphatic rings. The first-order valence-electron chi connectivity index (χ1n) is 21.5. The summed E-state index contributed by atoms with van der Waals surface area (Å²) in [6.45, 7) is 9.82. The van der Waals surface area contributed by atoms with Gasteiger partial charge in [0.1, 0.15) is 12.2 Å². The number of hydrogen-bond acceptors (Lipinski definition) is 10. The monoisotopic (exact) mass is 876 g/mol. The fourth-order valence-electron chi connectivity index (χ4n) is 7.60. The summed E-state index contributed by atoms with van der Waals surface area (Å²) in [4.78, 5) is 27.3.